The highest BCUT2D eigenvalue weighted by Crippen LogP contribution is 2.26. The molecule has 3 heterocycles. The highest BCUT2D eigenvalue weighted by atomic mass is 32.1. The zero-order valence-corrected chi connectivity index (χ0v) is 11.7. The van der Waals surface area contributed by atoms with Crippen LogP contribution in [0.5, 0.6) is 0 Å². The molecule has 0 aliphatic carbocycles. The molecule has 1 N–H and O–H groups in total. The third-order valence-corrected chi connectivity index (χ3v) is 4.12. The van der Waals surface area contributed by atoms with Crippen molar-refractivity contribution in [3.63, 3.8) is 0 Å². The number of ether oxygens (including phenoxy) is 1. The molecule has 0 spiro atoms. The minimum atomic E-state index is 0.340. The summed E-state index contributed by atoms with van der Waals surface area (Å²) >= 11 is 1.63. The lowest BCUT2D eigenvalue weighted by Gasteiger charge is -2.09. The summed E-state index contributed by atoms with van der Waals surface area (Å²) in [6.45, 7) is 3.82. The Hall–Kier alpha value is -1.46. The van der Waals surface area contributed by atoms with Crippen LogP contribution in [0.1, 0.15) is 18.4 Å². The van der Waals surface area contributed by atoms with Gasteiger partial charge in [0.05, 0.1) is 11.8 Å². The Labute approximate surface area is 116 Å². The highest BCUT2D eigenvalue weighted by molar-refractivity contribution is 7.14. The van der Waals surface area contributed by atoms with Crippen molar-refractivity contribution in [1.82, 2.24) is 9.97 Å². The van der Waals surface area contributed by atoms with E-state index < -0.39 is 0 Å². The predicted octanol–water partition coefficient (Wildman–Crippen LogP) is 3.10. The average molecular weight is 275 g/mol. The molecule has 5 heteroatoms. The Morgan fingerprint density at radius 3 is 3.26 bits per heavy atom. The van der Waals surface area contributed by atoms with Crippen LogP contribution in [0.3, 0.4) is 0 Å². The van der Waals surface area contributed by atoms with Crippen LogP contribution in [-0.4, -0.2) is 29.2 Å². The van der Waals surface area contributed by atoms with Gasteiger partial charge in [-0.15, -0.1) is 11.3 Å². The Morgan fingerprint density at radius 2 is 2.47 bits per heavy atom. The topological polar surface area (TPSA) is 47.0 Å². The molecule has 3 rings (SSSR count). The molecule has 0 saturated carbocycles. The Bertz CT molecular complexity index is 549. The lowest BCUT2D eigenvalue weighted by Crippen LogP contribution is -2.18. The van der Waals surface area contributed by atoms with Crippen molar-refractivity contribution in [2.75, 3.05) is 18.5 Å². The molecule has 1 atom stereocenters. The van der Waals surface area contributed by atoms with Gasteiger partial charge in [0.1, 0.15) is 0 Å². The summed E-state index contributed by atoms with van der Waals surface area (Å²) in [5, 5.41) is 6.38. The number of hydrogen-bond donors (Lipinski definition) is 1. The molecule has 0 amide bonds. The van der Waals surface area contributed by atoms with Gasteiger partial charge in [-0.3, -0.25) is 4.98 Å². The lowest BCUT2D eigenvalue weighted by molar-refractivity contribution is 0.120. The van der Waals surface area contributed by atoms with E-state index in [0.29, 0.717) is 6.10 Å². The van der Waals surface area contributed by atoms with E-state index in [1.54, 1.807) is 11.3 Å². The molecule has 0 aromatic carbocycles. The average Bonchev–Trinajstić information content (AvgIpc) is 3.08. The number of anilines is 1. The fourth-order valence-electron chi connectivity index (χ4n) is 2.22. The van der Waals surface area contributed by atoms with Gasteiger partial charge in [0.15, 0.2) is 5.13 Å². The third-order valence-electron chi connectivity index (χ3n) is 3.32. The minimum absolute atomic E-state index is 0.340. The van der Waals surface area contributed by atoms with E-state index in [0.717, 1.165) is 36.0 Å². The van der Waals surface area contributed by atoms with E-state index in [-0.39, 0.29) is 0 Å². The van der Waals surface area contributed by atoms with Crippen molar-refractivity contribution in [2.45, 2.75) is 25.9 Å². The van der Waals surface area contributed by atoms with Gasteiger partial charge in [-0.1, -0.05) is 0 Å². The molecule has 19 heavy (non-hydrogen) atoms. The second kappa shape index (κ2) is 5.67. The van der Waals surface area contributed by atoms with E-state index in [1.807, 2.05) is 18.5 Å². The summed E-state index contributed by atoms with van der Waals surface area (Å²) in [5.41, 5.74) is 3.29. The maximum atomic E-state index is 5.59. The quantitative estimate of drug-likeness (QED) is 0.931. The molecule has 2 aromatic rings. The molecule has 1 saturated heterocycles. The summed E-state index contributed by atoms with van der Waals surface area (Å²) in [5.74, 6) is 0. The highest BCUT2D eigenvalue weighted by Gasteiger charge is 2.15. The first-order chi connectivity index (χ1) is 9.33. The van der Waals surface area contributed by atoms with Gasteiger partial charge < -0.3 is 10.1 Å². The number of thiazole rings is 1. The first-order valence-electron chi connectivity index (χ1n) is 6.55. The van der Waals surface area contributed by atoms with E-state index in [1.165, 1.54) is 12.0 Å². The van der Waals surface area contributed by atoms with Gasteiger partial charge in [-0.2, -0.15) is 0 Å². The second-order valence-electron chi connectivity index (χ2n) is 4.74. The van der Waals surface area contributed by atoms with E-state index in [2.05, 4.69) is 27.6 Å². The van der Waals surface area contributed by atoms with Crippen LogP contribution in [0.25, 0.3) is 11.3 Å². The monoisotopic (exact) mass is 275 g/mol. The smallest absolute Gasteiger partial charge is 0.183 e. The fraction of sp³-hybridized carbons (Fsp3) is 0.429. The van der Waals surface area contributed by atoms with Gasteiger partial charge in [-0.05, 0) is 31.4 Å². The summed E-state index contributed by atoms with van der Waals surface area (Å²) in [6, 6.07) is 2.01. The molecule has 1 aliphatic heterocycles. The maximum Gasteiger partial charge on any atom is 0.183 e. The first kappa shape index (κ1) is 12.6. The van der Waals surface area contributed by atoms with Crippen molar-refractivity contribution >= 4 is 16.5 Å². The number of pyridine rings is 1. The number of aromatic nitrogens is 2. The Kier molecular flexibility index (Phi) is 3.75. The summed E-state index contributed by atoms with van der Waals surface area (Å²) in [6.07, 6.45) is 6.33. The SMILES string of the molecule is Cc1ccncc1-c1csc(NCC2CCCO2)n1. The van der Waals surface area contributed by atoms with E-state index in [9.17, 15) is 0 Å². The van der Waals surface area contributed by atoms with Crippen molar-refractivity contribution in [3.8, 4) is 11.3 Å². The van der Waals surface area contributed by atoms with Crippen LogP contribution in [0.4, 0.5) is 5.13 Å². The van der Waals surface area contributed by atoms with E-state index in [4.69, 9.17) is 4.74 Å². The number of rotatable bonds is 4. The number of hydrogen-bond acceptors (Lipinski definition) is 5. The van der Waals surface area contributed by atoms with Crippen molar-refractivity contribution in [3.05, 3.63) is 29.4 Å². The molecule has 0 bridgehead atoms. The van der Waals surface area contributed by atoms with Gasteiger partial charge in [0.25, 0.3) is 0 Å². The first-order valence-corrected chi connectivity index (χ1v) is 7.43. The molecule has 2 aromatic heterocycles. The van der Waals surface area contributed by atoms with Crippen LogP contribution in [0.15, 0.2) is 23.8 Å². The van der Waals surface area contributed by atoms with Gasteiger partial charge in [0.2, 0.25) is 0 Å². The molecule has 0 radical (unpaired) electrons. The summed E-state index contributed by atoms with van der Waals surface area (Å²) < 4.78 is 5.59. The molecule has 1 fully saturated rings. The van der Waals surface area contributed by atoms with Crippen LogP contribution >= 0.6 is 11.3 Å². The molecule has 1 aliphatic rings. The second-order valence-corrected chi connectivity index (χ2v) is 5.60. The van der Waals surface area contributed by atoms with Crippen molar-refractivity contribution in [2.24, 2.45) is 0 Å². The zero-order valence-electron chi connectivity index (χ0n) is 10.9. The Balaban J connectivity index is 1.67. The van der Waals surface area contributed by atoms with Crippen molar-refractivity contribution < 1.29 is 4.74 Å². The van der Waals surface area contributed by atoms with Crippen LogP contribution < -0.4 is 5.32 Å². The molecule has 4 nitrogen and oxygen atoms in total. The molecular weight excluding hydrogens is 258 g/mol. The fourth-order valence-corrected chi connectivity index (χ4v) is 2.94. The van der Waals surface area contributed by atoms with Crippen LogP contribution in [0.2, 0.25) is 0 Å². The molecule has 100 valence electrons. The summed E-state index contributed by atoms with van der Waals surface area (Å²) in [4.78, 5) is 8.78. The van der Waals surface area contributed by atoms with Gasteiger partial charge in [-0.25, -0.2) is 4.98 Å². The normalized spacial score (nSPS) is 18.7. The predicted molar refractivity (Wildman–Crippen MR) is 77.5 cm³/mol. The van der Waals surface area contributed by atoms with Gasteiger partial charge >= 0.3 is 0 Å². The molecule has 1 unspecified atom stereocenters. The molecular formula is C14H17N3OS. The maximum absolute atomic E-state index is 5.59. The lowest BCUT2D eigenvalue weighted by atomic mass is 10.1. The van der Waals surface area contributed by atoms with Crippen molar-refractivity contribution in [1.29, 1.82) is 0 Å². The van der Waals surface area contributed by atoms with Gasteiger partial charge in [0, 0.05) is 36.5 Å². The number of aryl methyl sites for hydroxylation is 1. The Morgan fingerprint density at radius 1 is 1.53 bits per heavy atom. The van der Waals surface area contributed by atoms with E-state index >= 15 is 0 Å². The van der Waals surface area contributed by atoms with Crippen LogP contribution in [0, 0.1) is 6.92 Å². The standard InChI is InChI=1S/C14H17N3OS/c1-10-4-5-15-8-12(10)13-9-19-14(17-13)16-7-11-3-2-6-18-11/h4-5,8-9,11H,2-3,6-7H2,1H3,(H,16,17). The van der Waals surface area contributed by atoms with Crippen LogP contribution in [-0.2, 0) is 4.74 Å². The number of nitrogens with one attached hydrogen (secondary N) is 1. The minimum Gasteiger partial charge on any atom is -0.376 e. The zero-order chi connectivity index (χ0) is 13.1. The summed E-state index contributed by atoms with van der Waals surface area (Å²) in [7, 11) is 0. The largest absolute Gasteiger partial charge is 0.376 e. The number of nitrogens with zero attached hydrogens (tertiary/aromatic N) is 2. The third kappa shape index (κ3) is 2.93.